The quantitative estimate of drug-likeness (QED) is 0.859. The topological polar surface area (TPSA) is 67.2 Å². The number of likely N-dealkylation sites (tertiary alicyclic amines) is 1. The Hall–Kier alpha value is -1.85. The summed E-state index contributed by atoms with van der Waals surface area (Å²) in [4.78, 5) is 31.1. The molecule has 3 rings (SSSR count). The number of aryl methyl sites for hydroxylation is 1. The summed E-state index contributed by atoms with van der Waals surface area (Å²) < 4.78 is 1.90. The molecule has 1 aliphatic heterocycles. The molecule has 6 heteroatoms. The first-order valence-electron chi connectivity index (χ1n) is 9.70. The van der Waals surface area contributed by atoms with Gasteiger partial charge in [0.05, 0.1) is 0 Å². The lowest BCUT2D eigenvalue weighted by Crippen LogP contribution is -2.46. The molecule has 0 radical (unpaired) electrons. The number of hydrogen-bond acceptors (Lipinski definition) is 3. The van der Waals surface area contributed by atoms with E-state index >= 15 is 0 Å². The molecule has 1 unspecified atom stereocenters. The highest BCUT2D eigenvalue weighted by Crippen LogP contribution is 2.25. The third-order valence-corrected chi connectivity index (χ3v) is 5.68. The zero-order valence-electron chi connectivity index (χ0n) is 15.2. The standard InChI is InChI=1S/C19H30N4O2/c1-15-20-11-13-22(15)14-18(24)23-12-5-4-8-17(23)9-10-21-19(25)16-6-2-3-7-16/h11,13,16-17H,2-10,12,14H2,1H3,(H,21,25). The van der Waals surface area contributed by atoms with Crippen LogP contribution in [0.15, 0.2) is 12.4 Å². The highest BCUT2D eigenvalue weighted by molar-refractivity contribution is 5.79. The normalized spacial score (nSPS) is 21.5. The van der Waals surface area contributed by atoms with E-state index in [1.54, 1.807) is 6.20 Å². The number of aromatic nitrogens is 2. The molecule has 1 aliphatic carbocycles. The average molecular weight is 346 g/mol. The van der Waals surface area contributed by atoms with Gasteiger partial charge in [-0.1, -0.05) is 12.8 Å². The van der Waals surface area contributed by atoms with Gasteiger partial charge in [0, 0.05) is 37.4 Å². The lowest BCUT2D eigenvalue weighted by molar-refractivity contribution is -0.135. The van der Waals surface area contributed by atoms with Crippen LogP contribution in [0.25, 0.3) is 0 Å². The van der Waals surface area contributed by atoms with E-state index in [0.29, 0.717) is 13.1 Å². The van der Waals surface area contributed by atoms with Crippen LogP contribution in [0.5, 0.6) is 0 Å². The number of nitrogens with zero attached hydrogens (tertiary/aromatic N) is 3. The van der Waals surface area contributed by atoms with Gasteiger partial charge in [0.1, 0.15) is 12.4 Å². The second kappa shape index (κ2) is 8.50. The monoisotopic (exact) mass is 346 g/mol. The van der Waals surface area contributed by atoms with Gasteiger partial charge in [-0.15, -0.1) is 0 Å². The molecule has 1 N–H and O–H groups in total. The molecule has 138 valence electrons. The predicted molar refractivity (Wildman–Crippen MR) is 95.9 cm³/mol. The van der Waals surface area contributed by atoms with Crippen LogP contribution < -0.4 is 5.32 Å². The highest BCUT2D eigenvalue weighted by atomic mass is 16.2. The number of amides is 2. The first-order chi connectivity index (χ1) is 12.1. The summed E-state index contributed by atoms with van der Waals surface area (Å²) in [6.45, 7) is 3.78. The van der Waals surface area contributed by atoms with Crippen molar-refractivity contribution in [1.82, 2.24) is 19.8 Å². The number of carbonyl (C=O) groups excluding carboxylic acids is 2. The largest absolute Gasteiger partial charge is 0.356 e. The average Bonchev–Trinajstić information content (AvgIpc) is 3.28. The summed E-state index contributed by atoms with van der Waals surface area (Å²) >= 11 is 0. The summed E-state index contributed by atoms with van der Waals surface area (Å²) in [5.41, 5.74) is 0. The van der Waals surface area contributed by atoms with E-state index in [2.05, 4.69) is 10.3 Å². The van der Waals surface area contributed by atoms with Crippen LogP contribution in [0.2, 0.25) is 0 Å². The summed E-state index contributed by atoms with van der Waals surface area (Å²) in [5, 5.41) is 3.09. The van der Waals surface area contributed by atoms with Crippen LogP contribution in [0.1, 0.15) is 57.2 Å². The van der Waals surface area contributed by atoms with E-state index in [1.807, 2.05) is 22.6 Å². The van der Waals surface area contributed by atoms with E-state index in [4.69, 9.17) is 0 Å². The zero-order valence-corrected chi connectivity index (χ0v) is 15.2. The van der Waals surface area contributed by atoms with Gasteiger partial charge in [-0.25, -0.2) is 4.98 Å². The van der Waals surface area contributed by atoms with Crippen molar-refractivity contribution in [2.24, 2.45) is 5.92 Å². The number of rotatable bonds is 6. The van der Waals surface area contributed by atoms with Crippen LogP contribution in [-0.2, 0) is 16.1 Å². The molecule has 0 aromatic carbocycles. The molecular formula is C19H30N4O2. The molecule has 25 heavy (non-hydrogen) atoms. The van der Waals surface area contributed by atoms with E-state index in [0.717, 1.165) is 50.9 Å². The maximum atomic E-state index is 12.7. The van der Waals surface area contributed by atoms with E-state index < -0.39 is 0 Å². The van der Waals surface area contributed by atoms with Crippen molar-refractivity contribution in [1.29, 1.82) is 0 Å². The fraction of sp³-hybridized carbons (Fsp3) is 0.737. The van der Waals surface area contributed by atoms with Crippen molar-refractivity contribution < 1.29 is 9.59 Å². The number of nitrogens with one attached hydrogen (secondary N) is 1. The molecule has 1 saturated carbocycles. The maximum Gasteiger partial charge on any atom is 0.242 e. The minimum Gasteiger partial charge on any atom is -0.356 e. The Kier molecular flexibility index (Phi) is 6.10. The minimum atomic E-state index is 0.160. The molecule has 2 heterocycles. The number of carbonyl (C=O) groups is 2. The van der Waals surface area contributed by atoms with Crippen molar-refractivity contribution in [2.45, 2.75) is 70.9 Å². The Labute approximate surface area is 150 Å². The fourth-order valence-electron chi connectivity index (χ4n) is 4.13. The van der Waals surface area contributed by atoms with Gasteiger partial charge < -0.3 is 14.8 Å². The fourth-order valence-corrected chi connectivity index (χ4v) is 4.13. The molecule has 6 nitrogen and oxygen atoms in total. The Morgan fingerprint density at radius 3 is 2.68 bits per heavy atom. The Balaban J connectivity index is 1.49. The Morgan fingerprint density at radius 1 is 1.20 bits per heavy atom. The van der Waals surface area contributed by atoms with Gasteiger partial charge in [0.2, 0.25) is 11.8 Å². The molecule has 2 aliphatic rings. The molecule has 2 fully saturated rings. The molecule has 1 saturated heterocycles. The molecule has 0 spiro atoms. The van der Waals surface area contributed by atoms with Crippen LogP contribution >= 0.6 is 0 Å². The van der Waals surface area contributed by atoms with Gasteiger partial charge in [-0.05, 0) is 45.4 Å². The van der Waals surface area contributed by atoms with Crippen molar-refractivity contribution in [2.75, 3.05) is 13.1 Å². The van der Waals surface area contributed by atoms with E-state index in [9.17, 15) is 9.59 Å². The molecule has 1 atom stereocenters. The Morgan fingerprint density at radius 2 is 1.96 bits per heavy atom. The lowest BCUT2D eigenvalue weighted by Gasteiger charge is -2.36. The SMILES string of the molecule is Cc1nccn1CC(=O)N1CCCCC1CCNC(=O)C1CCCC1. The second-order valence-corrected chi connectivity index (χ2v) is 7.40. The van der Waals surface area contributed by atoms with Crippen LogP contribution in [0.3, 0.4) is 0 Å². The zero-order chi connectivity index (χ0) is 17.6. The molecule has 2 amide bonds. The minimum absolute atomic E-state index is 0.160. The third kappa shape index (κ3) is 4.61. The smallest absolute Gasteiger partial charge is 0.242 e. The third-order valence-electron chi connectivity index (χ3n) is 5.68. The van der Waals surface area contributed by atoms with Crippen molar-refractivity contribution in [3.05, 3.63) is 18.2 Å². The Bertz CT molecular complexity index is 592. The van der Waals surface area contributed by atoms with Crippen LogP contribution in [0, 0.1) is 12.8 Å². The first-order valence-corrected chi connectivity index (χ1v) is 9.70. The molecular weight excluding hydrogens is 316 g/mol. The van der Waals surface area contributed by atoms with E-state index in [-0.39, 0.29) is 23.8 Å². The predicted octanol–water partition coefficient (Wildman–Crippen LogP) is 2.27. The molecule has 1 aromatic rings. The number of imidazole rings is 1. The summed E-state index contributed by atoms with van der Waals surface area (Å²) in [6.07, 6.45) is 12.1. The molecule has 1 aromatic heterocycles. The second-order valence-electron chi connectivity index (χ2n) is 7.40. The van der Waals surface area contributed by atoms with Crippen molar-refractivity contribution in [3.63, 3.8) is 0 Å². The summed E-state index contributed by atoms with van der Waals surface area (Å²) in [6, 6.07) is 0.244. The number of piperidine rings is 1. The van der Waals surface area contributed by atoms with Crippen molar-refractivity contribution in [3.8, 4) is 0 Å². The van der Waals surface area contributed by atoms with Crippen LogP contribution in [0.4, 0.5) is 0 Å². The molecule has 0 bridgehead atoms. The first kappa shape index (κ1) is 18.0. The summed E-state index contributed by atoms with van der Waals surface area (Å²) in [5.74, 6) is 1.45. The lowest BCUT2D eigenvalue weighted by atomic mass is 9.99. The van der Waals surface area contributed by atoms with Gasteiger partial charge in [-0.3, -0.25) is 9.59 Å². The highest BCUT2D eigenvalue weighted by Gasteiger charge is 2.27. The van der Waals surface area contributed by atoms with Gasteiger partial charge in [0.25, 0.3) is 0 Å². The van der Waals surface area contributed by atoms with Gasteiger partial charge in [-0.2, -0.15) is 0 Å². The van der Waals surface area contributed by atoms with Gasteiger partial charge in [0.15, 0.2) is 0 Å². The van der Waals surface area contributed by atoms with Gasteiger partial charge >= 0.3 is 0 Å². The van der Waals surface area contributed by atoms with Crippen molar-refractivity contribution >= 4 is 11.8 Å². The summed E-state index contributed by atoms with van der Waals surface area (Å²) in [7, 11) is 0. The van der Waals surface area contributed by atoms with E-state index in [1.165, 1.54) is 12.8 Å². The number of hydrogen-bond donors (Lipinski definition) is 1. The maximum absolute atomic E-state index is 12.7. The van der Waals surface area contributed by atoms with Crippen LogP contribution in [-0.4, -0.2) is 45.4 Å².